The van der Waals surface area contributed by atoms with Crippen LogP contribution in [0.3, 0.4) is 0 Å². The lowest BCUT2D eigenvalue weighted by Gasteiger charge is -1.96. The molecule has 0 aliphatic heterocycles. The molecular weight excluding hydrogens is 281 g/mol. The third-order valence-corrected chi connectivity index (χ3v) is 3.08. The van der Waals surface area contributed by atoms with Crippen molar-refractivity contribution in [2.45, 2.75) is 0 Å². The smallest absolute Gasteiger partial charge is 0.406 e. The van der Waals surface area contributed by atoms with Crippen molar-refractivity contribution in [2.24, 2.45) is 0 Å². The van der Waals surface area contributed by atoms with Crippen LogP contribution in [-0.4, -0.2) is 4.98 Å². The molecule has 2 aromatic rings. The second-order valence-electron chi connectivity index (χ2n) is 2.37. The third kappa shape index (κ3) is 1.39. The van der Waals surface area contributed by atoms with Crippen molar-refractivity contribution < 1.29 is 4.42 Å². The molecule has 13 heavy (non-hydrogen) atoms. The molecule has 2 rings (SSSR count). The zero-order valence-electron chi connectivity index (χ0n) is 6.03. The SMILES string of the molecule is O=c1[nH]c2c(Cl)cc(Br)c(Cl)c2o1. The fourth-order valence-electron chi connectivity index (χ4n) is 1.01. The van der Waals surface area contributed by atoms with E-state index >= 15 is 0 Å². The molecule has 0 unspecified atom stereocenters. The monoisotopic (exact) mass is 281 g/mol. The number of oxazole rings is 1. The Morgan fingerprint density at radius 1 is 1.46 bits per heavy atom. The number of benzene rings is 1. The molecule has 1 aromatic heterocycles. The highest BCUT2D eigenvalue weighted by atomic mass is 79.9. The van der Waals surface area contributed by atoms with Crippen molar-refractivity contribution in [3.8, 4) is 0 Å². The van der Waals surface area contributed by atoms with Crippen LogP contribution in [0.1, 0.15) is 0 Å². The van der Waals surface area contributed by atoms with E-state index in [9.17, 15) is 4.79 Å². The topological polar surface area (TPSA) is 46.0 Å². The summed E-state index contributed by atoms with van der Waals surface area (Å²) in [5, 5.41) is 0.717. The Bertz CT molecular complexity index is 531. The summed E-state index contributed by atoms with van der Waals surface area (Å²) < 4.78 is 5.39. The normalized spacial score (nSPS) is 11.0. The van der Waals surface area contributed by atoms with E-state index in [2.05, 4.69) is 20.9 Å². The average Bonchev–Trinajstić information content (AvgIpc) is 2.44. The number of hydrogen-bond donors (Lipinski definition) is 1. The maximum atomic E-state index is 10.8. The van der Waals surface area contributed by atoms with Gasteiger partial charge in [-0.25, -0.2) is 4.79 Å². The zero-order chi connectivity index (χ0) is 9.59. The molecule has 0 radical (unpaired) electrons. The molecule has 1 N–H and O–H groups in total. The number of rotatable bonds is 0. The summed E-state index contributed by atoms with van der Waals surface area (Å²) in [5.74, 6) is -0.572. The second kappa shape index (κ2) is 3.04. The number of aromatic amines is 1. The number of halogens is 3. The van der Waals surface area contributed by atoms with Crippen molar-refractivity contribution >= 4 is 50.2 Å². The molecule has 1 heterocycles. The van der Waals surface area contributed by atoms with E-state index in [-0.39, 0.29) is 5.58 Å². The van der Waals surface area contributed by atoms with Crippen LogP contribution < -0.4 is 5.76 Å². The van der Waals surface area contributed by atoms with Gasteiger partial charge in [-0.2, -0.15) is 0 Å². The first-order valence-electron chi connectivity index (χ1n) is 3.26. The lowest BCUT2D eigenvalue weighted by molar-refractivity contribution is 0.555. The van der Waals surface area contributed by atoms with Gasteiger partial charge < -0.3 is 4.42 Å². The molecule has 6 heteroatoms. The summed E-state index contributed by atoms with van der Waals surface area (Å²) in [6.45, 7) is 0. The molecule has 0 atom stereocenters. The van der Waals surface area contributed by atoms with Crippen LogP contribution in [0, 0.1) is 0 Å². The van der Waals surface area contributed by atoms with Crippen LogP contribution in [-0.2, 0) is 0 Å². The predicted octanol–water partition coefficient (Wildman–Crippen LogP) is 3.19. The van der Waals surface area contributed by atoms with Crippen molar-refractivity contribution in [1.29, 1.82) is 0 Å². The lowest BCUT2D eigenvalue weighted by Crippen LogP contribution is -1.93. The van der Waals surface area contributed by atoms with Gasteiger partial charge in [-0.1, -0.05) is 23.2 Å². The van der Waals surface area contributed by atoms with Crippen molar-refractivity contribution in [2.75, 3.05) is 0 Å². The lowest BCUT2D eigenvalue weighted by atomic mass is 10.3. The average molecular weight is 283 g/mol. The molecule has 68 valence electrons. The molecule has 0 aliphatic rings. The third-order valence-electron chi connectivity index (χ3n) is 1.55. The van der Waals surface area contributed by atoms with E-state index in [1.807, 2.05) is 0 Å². The number of hydrogen-bond acceptors (Lipinski definition) is 2. The molecule has 0 amide bonds. The fraction of sp³-hybridized carbons (Fsp3) is 0. The molecular formula is C7H2BrCl2NO2. The fourth-order valence-corrected chi connectivity index (χ4v) is 1.98. The minimum Gasteiger partial charge on any atom is -0.406 e. The van der Waals surface area contributed by atoms with Crippen LogP contribution in [0.2, 0.25) is 10.0 Å². The van der Waals surface area contributed by atoms with Gasteiger partial charge in [-0.3, -0.25) is 4.98 Å². The number of H-pyrrole nitrogens is 1. The number of fused-ring (bicyclic) bond motifs is 1. The Hall–Kier alpha value is -0.450. The molecule has 0 spiro atoms. The van der Waals surface area contributed by atoms with Crippen LogP contribution in [0.25, 0.3) is 11.1 Å². The van der Waals surface area contributed by atoms with E-state index in [4.69, 9.17) is 27.6 Å². The van der Waals surface area contributed by atoms with Crippen molar-refractivity contribution in [3.05, 3.63) is 31.1 Å². The van der Waals surface area contributed by atoms with Crippen LogP contribution >= 0.6 is 39.1 Å². The first-order valence-corrected chi connectivity index (χ1v) is 4.81. The van der Waals surface area contributed by atoms with Gasteiger partial charge in [0.15, 0.2) is 5.58 Å². The second-order valence-corrected chi connectivity index (χ2v) is 4.01. The highest BCUT2D eigenvalue weighted by Crippen LogP contribution is 2.34. The quantitative estimate of drug-likeness (QED) is 0.755. The van der Waals surface area contributed by atoms with E-state index in [0.29, 0.717) is 20.0 Å². The van der Waals surface area contributed by atoms with Gasteiger partial charge in [0.25, 0.3) is 0 Å². The summed E-state index contributed by atoms with van der Waals surface area (Å²) in [7, 11) is 0. The van der Waals surface area contributed by atoms with Gasteiger partial charge in [-0.05, 0) is 22.0 Å². The maximum Gasteiger partial charge on any atom is 0.417 e. The van der Waals surface area contributed by atoms with Gasteiger partial charge in [0.05, 0.1) is 10.0 Å². The first kappa shape index (κ1) is 9.12. The van der Waals surface area contributed by atoms with Crippen LogP contribution in [0.4, 0.5) is 0 Å². The summed E-state index contributed by atoms with van der Waals surface area (Å²) in [5.41, 5.74) is 0.686. The molecule has 0 saturated heterocycles. The van der Waals surface area contributed by atoms with Gasteiger partial charge in [0.1, 0.15) is 5.52 Å². The Labute approximate surface area is 90.8 Å². The maximum absolute atomic E-state index is 10.8. The van der Waals surface area contributed by atoms with E-state index in [1.165, 1.54) is 0 Å². The molecule has 0 aliphatic carbocycles. The number of aromatic nitrogens is 1. The van der Waals surface area contributed by atoms with E-state index in [0.717, 1.165) is 0 Å². The molecule has 3 nitrogen and oxygen atoms in total. The van der Waals surface area contributed by atoms with Crippen molar-refractivity contribution in [1.82, 2.24) is 4.98 Å². The standard InChI is InChI=1S/C7H2BrCl2NO2/c8-2-1-3(9)5-6(4(2)10)13-7(12)11-5/h1H,(H,11,12). The minimum atomic E-state index is -0.572. The predicted molar refractivity (Wildman–Crippen MR) is 54.6 cm³/mol. The Morgan fingerprint density at radius 3 is 2.85 bits per heavy atom. The summed E-state index contributed by atoms with van der Waals surface area (Å²) in [4.78, 5) is 13.3. The summed E-state index contributed by atoms with van der Waals surface area (Å²) >= 11 is 14.9. The van der Waals surface area contributed by atoms with Gasteiger partial charge in [0.2, 0.25) is 0 Å². The molecule has 0 fully saturated rings. The summed E-state index contributed by atoms with van der Waals surface area (Å²) in [6.07, 6.45) is 0. The summed E-state index contributed by atoms with van der Waals surface area (Å²) in [6, 6.07) is 1.59. The van der Waals surface area contributed by atoms with Gasteiger partial charge >= 0.3 is 5.76 Å². The van der Waals surface area contributed by atoms with Crippen molar-refractivity contribution in [3.63, 3.8) is 0 Å². The van der Waals surface area contributed by atoms with Crippen LogP contribution in [0.15, 0.2) is 19.8 Å². The first-order chi connectivity index (χ1) is 6.09. The highest BCUT2D eigenvalue weighted by Gasteiger charge is 2.12. The Kier molecular flexibility index (Phi) is 2.14. The van der Waals surface area contributed by atoms with Gasteiger partial charge in [0, 0.05) is 4.47 Å². The number of nitrogens with one attached hydrogen (secondary N) is 1. The van der Waals surface area contributed by atoms with Crippen LogP contribution in [0.5, 0.6) is 0 Å². The minimum absolute atomic E-state index is 0.269. The van der Waals surface area contributed by atoms with E-state index in [1.54, 1.807) is 6.07 Å². The Morgan fingerprint density at radius 2 is 2.15 bits per heavy atom. The highest BCUT2D eigenvalue weighted by molar-refractivity contribution is 9.10. The molecule has 0 bridgehead atoms. The molecule has 1 aromatic carbocycles. The Balaban J connectivity index is 3.04. The van der Waals surface area contributed by atoms with Gasteiger partial charge in [-0.15, -0.1) is 0 Å². The van der Waals surface area contributed by atoms with E-state index < -0.39 is 5.76 Å². The largest absolute Gasteiger partial charge is 0.417 e. The molecule has 0 saturated carbocycles. The zero-order valence-corrected chi connectivity index (χ0v) is 9.13.